The number of ether oxygens (including phenoxy) is 1. The zero-order valence-electron chi connectivity index (χ0n) is 11.5. The first kappa shape index (κ1) is 15.7. The van der Waals surface area contributed by atoms with Gasteiger partial charge in [-0.25, -0.2) is 14.5 Å². The highest BCUT2D eigenvalue weighted by Crippen LogP contribution is 2.22. The summed E-state index contributed by atoms with van der Waals surface area (Å²) >= 11 is 7.47. The third kappa shape index (κ3) is 4.38. The number of nitrogens with zero attached hydrogens (tertiary/aromatic N) is 4. The molecule has 0 N–H and O–H groups in total. The van der Waals surface area contributed by atoms with Crippen LogP contribution in [0.1, 0.15) is 15.5 Å². The summed E-state index contributed by atoms with van der Waals surface area (Å²) in [5.74, 6) is -0.496. The fourth-order valence-electron chi connectivity index (χ4n) is 1.76. The normalized spacial score (nSPS) is 10.8. The summed E-state index contributed by atoms with van der Waals surface area (Å²) in [6.45, 7) is 5.65. The van der Waals surface area contributed by atoms with Gasteiger partial charge in [-0.15, -0.1) is 23.0 Å². The number of carbonyl (C=O) groups is 1. The van der Waals surface area contributed by atoms with Gasteiger partial charge in [0.15, 0.2) is 0 Å². The topological polar surface area (TPSA) is 60.2 Å². The molecule has 0 saturated carbocycles. The molecule has 0 saturated heterocycles. The molecule has 0 amide bonds. The summed E-state index contributed by atoms with van der Waals surface area (Å²) in [7, 11) is 1.30. The molecule has 0 radical (unpaired) electrons. The summed E-state index contributed by atoms with van der Waals surface area (Å²) in [6.07, 6.45) is 3.32. The molecule has 0 atom stereocenters. The fourth-order valence-corrected chi connectivity index (χ4v) is 2.89. The molecule has 2 rings (SSSR count). The lowest BCUT2D eigenvalue weighted by Gasteiger charge is -2.19. The quantitative estimate of drug-likeness (QED) is 0.577. The van der Waals surface area contributed by atoms with Crippen molar-refractivity contribution in [1.29, 1.82) is 0 Å². The van der Waals surface area contributed by atoms with E-state index in [1.54, 1.807) is 4.68 Å². The van der Waals surface area contributed by atoms with E-state index in [4.69, 9.17) is 11.6 Å². The third-order valence-corrected chi connectivity index (χ3v) is 3.86. The standard InChI is InChI=1S/C13H15ClN4O2S/c1-3-6-17(7-10-4-5-11(14)21-10)9-18-8-15-12(16-18)13(19)20-2/h3-5,8H,1,6-7,9H2,2H3. The van der Waals surface area contributed by atoms with E-state index >= 15 is 0 Å². The van der Waals surface area contributed by atoms with Crippen molar-refractivity contribution in [3.8, 4) is 0 Å². The van der Waals surface area contributed by atoms with Crippen LogP contribution in [0.5, 0.6) is 0 Å². The molecular weight excluding hydrogens is 312 g/mol. The van der Waals surface area contributed by atoms with Crippen molar-refractivity contribution < 1.29 is 9.53 Å². The van der Waals surface area contributed by atoms with E-state index in [9.17, 15) is 4.79 Å². The number of aromatic nitrogens is 3. The van der Waals surface area contributed by atoms with Gasteiger partial charge in [0, 0.05) is 18.0 Å². The van der Waals surface area contributed by atoms with Crippen LogP contribution in [0.3, 0.4) is 0 Å². The van der Waals surface area contributed by atoms with Crippen molar-refractivity contribution in [1.82, 2.24) is 19.7 Å². The zero-order chi connectivity index (χ0) is 15.2. The molecule has 0 aliphatic carbocycles. The molecule has 112 valence electrons. The highest BCUT2D eigenvalue weighted by atomic mass is 35.5. The fraction of sp³-hybridized carbons (Fsp3) is 0.308. The molecule has 0 bridgehead atoms. The second-order valence-electron chi connectivity index (χ2n) is 4.25. The Labute approximate surface area is 131 Å². The van der Waals surface area contributed by atoms with Crippen molar-refractivity contribution in [2.75, 3.05) is 13.7 Å². The van der Waals surface area contributed by atoms with Crippen LogP contribution in [-0.4, -0.2) is 39.3 Å². The van der Waals surface area contributed by atoms with Crippen LogP contribution >= 0.6 is 22.9 Å². The van der Waals surface area contributed by atoms with E-state index in [1.165, 1.54) is 24.8 Å². The van der Waals surface area contributed by atoms with Crippen LogP contribution in [0, 0.1) is 0 Å². The molecule has 2 aromatic heterocycles. The number of esters is 1. The molecule has 0 aromatic carbocycles. The first-order valence-corrected chi connectivity index (χ1v) is 7.37. The maximum Gasteiger partial charge on any atom is 0.377 e. The first-order chi connectivity index (χ1) is 10.1. The minimum atomic E-state index is -0.547. The Balaban J connectivity index is 2.03. The average Bonchev–Trinajstić information content (AvgIpc) is 3.08. The molecule has 0 aliphatic rings. The van der Waals surface area contributed by atoms with Gasteiger partial charge in [0.05, 0.1) is 18.1 Å². The van der Waals surface area contributed by atoms with Crippen molar-refractivity contribution in [3.05, 3.63) is 46.2 Å². The largest absolute Gasteiger partial charge is 0.463 e. The van der Waals surface area contributed by atoms with E-state index in [0.717, 1.165) is 15.8 Å². The second kappa shape index (κ2) is 7.35. The predicted molar refractivity (Wildman–Crippen MR) is 81.3 cm³/mol. The third-order valence-electron chi connectivity index (χ3n) is 2.64. The maximum absolute atomic E-state index is 11.3. The molecule has 21 heavy (non-hydrogen) atoms. The summed E-state index contributed by atoms with van der Waals surface area (Å²) in [6, 6.07) is 3.86. The molecule has 0 aliphatic heterocycles. The lowest BCUT2D eigenvalue weighted by molar-refractivity contribution is 0.0585. The van der Waals surface area contributed by atoms with Crippen molar-refractivity contribution in [3.63, 3.8) is 0 Å². The molecule has 2 aromatic rings. The average molecular weight is 327 g/mol. The Kier molecular flexibility index (Phi) is 5.49. The van der Waals surface area contributed by atoms with Crippen LogP contribution < -0.4 is 0 Å². The molecule has 2 heterocycles. The molecular formula is C13H15ClN4O2S. The number of methoxy groups -OCH3 is 1. The number of carbonyl (C=O) groups excluding carboxylic acids is 1. The summed E-state index contributed by atoms with van der Waals surface area (Å²) in [5, 5.41) is 4.08. The number of hydrogen-bond acceptors (Lipinski definition) is 6. The highest BCUT2D eigenvalue weighted by Gasteiger charge is 2.13. The number of hydrogen-bond donors (Lipinski definition) is 0. The number of rotatable bonds is 7. The summed E-state index contributed by atoms with van der Waals surface area (Å²) < 4.78 is 6.93. The van der Waals surface area contributed by atoms with Gasteiger partial charge in [-0.05, 0) is 12.1 Å². The predicted octanol–water partition coefficient (Wildman–Crippen LogP) is 2.43. The van der Waals surface area contributed by atoms with E-state index < -0.39 is 5.97 Å². The molecule has 0 unspecified atom stereocenters. The van der Waals surface area contributed by atoms with Crippen molar-refractivity contribution >= 4 is 28.9 Å². The van der Waals surface area contributed by atoms with Crippen LogP contribution in [-0.2, 0) is 18.0 Å². The summed E-state index contributed by atoms with van der Waals surface area (Å²) in [5.41, 5.74) is 0. The second-order valence-corrected chi connectivity index (χ2v) is 6.05. The van der Waals surface area contributed by atoms with Gasteiger partial charge in [0.2, 0.25) is 0 Å². The van der Waals surface area contributed by atoms with Gasteiger partial charge >= 0.3 is 5.97 Å². The monoisotopic (exact) mass is 326 g/mol. The van der Waals surface area contributed by atoms with Gasteiger partial charge < -0.3 is 4.74 Å². The Morgan fingerprint density at radius 1 is 1.62 bits per heavy atom. The van der Waals surface area contributed by atoms with Crippen molar-refractivity contribution in [2.24, 2.45) is 0 Å². The molecule has 6 nitrogen and oxygen atoms in total. The van der Waals surface area contributed by atoms with Crippen LogP contribution in [0.2, 0.25) is 4.34 Å². The molecule has 8 heteroatoms. The van der Waals surface area contributed by atoms with E-state index in [-0.39, 0.29) is 5.82 Å². The van der Waals surface area contributed by atoms with Gasteiger partial charge in [-0.1, -0.05) is 17.7 Å². The Bertz CT molecular complexity index is 625. The highest BCUT2D eigenvalue weighted by molar-refractivity contribution is 7.16. The smallest absolute Gasteiger partial charge is 0.377 e. The SMILES string of the molecule is C=CCN(Cc1ccc(Cl)s1)Cn1cnc(C(=O)OC)n1. The van der Waals surface area contributed by atoms with Crippen molar-refractivity contribution in [2.45, 2.75) is 13.2 Å². The van der Waals surface area contributed by atoms with E-state index in [2.05, 4.69) is 26.3 Å². The maximum atomic E-state index is 11.3. The van der Waals surface area contributed by atoms with E-state index in [1.807, 2.05) is 18.2 Å². The first-order valence-electron chi connectivity index (χ1n) is 6.17. The van der Waals surface area contributed by atoms with Crippen LogP contribution in [0.15, 0.2) is 31.1 Å². The van der Waals surface area contributed by atoms with Gasteiger partial charge in [-0.2, -0.15) is 0 Å². The minimum Gasteiger partial charge on any atom is -0.463 e. The van der Waals surface area contributed by atoms with Gasteiger partial charge in [-0.3, -0.25) is 4.90 Å². The Morgan fingerprint density at radius 3 is 3.05 bits per heavy atom. The Hall–Kier alpha value is -1.70. The number of thiophene rings is 1. The summed E-state index contributed by atoms with van der Waals surface area (Å²) in [4.78, 5) is 18.5. The Morgan fingerprint density at radius 2 is 2.43 bits per heavy atom. The lowest BCUT2D eigenvalue weighted by atomic mass is 10.4. The van der Waals surface area contributed by atoms with Gasteiger partial charge in [0.1, 0.15) is 6.33 Å². The van der Waals surface area contributed by atoms with E-state index in [0.29, 0.717) is 13.2 Å². The minimum absolute atomic E-state index is 0.0511. The lowest BCUT2D eigenvalue weighted by Crippen LogP contribution is -2.26. The molecule has 0 fully saturated rings. The number of halogens is 1. The zero-order valence-corrected chi connectivity index (χ0v) is 13.1. The van der Waals surface area contributed by atoms with Crippen LogP contribution in [0.25, 0.3) is 0 Å². The van der Waals surface area contributed by atoms with Gasteiger partial charge in [0.25, 0.3) is 5.82 Å². The van der Waals surface area contributed by atoms with Crippen LogP contribution in [0.4, 0.5) is 0 Å². The molecule has 0 spiro atoms.